The van der Waals surface area contributed by atoms with E-state index in [1.54, 1.807) is 24.2 Å². The molecule has 3 aromatic heterocycles. The topological polar surface area (TPSA) is 77.6 Å². The number of rotatable bonds is 3. The Kier molecular flexibility index (Phi) is 4.10. The molecule has 134 valence electrons. The minimum atomic E-state index is 0.429. The van der Waals surface area contributed by atoms with Gasteiger partial charge < -0.3 is 5.73 Å². The molecule has 6 heteroatoms. The highest BCUT2D eigenvalue weighted by Gasteiger charge is 2.15. The third-order valence-electron chi connectivity index (χ3n) is 4.57. The second kappa shape index (κ2) is 6.90. The molecule has 0 bridgehead atoms. The molecule has 3 heterocycles. The van der Waals surface area contributed by atoms with Crippen molar-refractivity contribution >= 4 is 39.4 Å². The molecule has 0 aliphatic heterocycles. The summed E-state index contributed by atoms with van der Waals surface area (Å²) in [4.78, 5) is 9.72. The maximum atomic E-state index is 6.15. The lowest BCUT2D eigenvalue weighted by Crippen LogP contribution is -1.98. The molecule has 5 nitrogen and oxygen atoms in total. The minimum Gasteiger partial charge on any atom is -0.382 e. The number of nitrogen functional groups attached to an aromatic ring is 1. The van der Waals surface area contributed by atoms with E-state index in [9.17, 15) is 0 Å². The zero-order chi connectivity index (χ0) is 18.9. The Bertz CT molecular complexity index is 1300. The molecule has 2 N–H and O–H groups in total. The van der Waals surface area contributed by atoms with E-state index in [0.29, 0.717) is 11.5 Å². The number of fused-ring (bicyclic) bond motifs is 2. The fourth-order valence-corrected chi connectivity index (χ4v) is 4.29. The van der Waals surface area contributed by atoms with Gasteiger partial charge in [-0.2, -0.15) is 0 Å². The van der Waals surface area contributed by atoms with Crippen LogP contribution < -0.4 is 5.73 Å². The molecule has 28 heavy (non-hydrogen) atoms. The number of anilines is 1. The smallest absolute Gasteiger partial charge is 0.160 e. The average Bonchev–Trinajstić information content (AvgIpc) is 2.76. The van der Waals surface area contributed by atoms with E-state index in [0.717, 1.165) is 37.2 Å². The van der Waals surface area contributed by atoms with Crippen molar-refractivity contribution in [2.45, 2.75) is 9.92 Å². The molecule has 0 radical (unpaired) electrons. The van der Waals surface area contributed by atoms with E-state index >= 15 is 0 Å². The van der Waals surface area contributed by atoms with Crippen molar-refractivity contribution < 1.29 is 0 Å². The molecule has 0 aliphatic rings. The van der Waals surface area contributed by atoms with Gasteiger partial charge in [-0.1, -0.05) is 60.3 Å². The molecular formula is C22H15N5S. The zero-order valence-corrected chi connectivity index (χ0v) is 15.6. The van der Waals surface area contributed by atoms with Crippen molar-refractivity contribution in [2.24, 2.45) is 0 Å². The number of hydrogen-bond acceptors (Lipinski definition) is 6. The first-order valence-corrected chi connectivity index (χ1v) is 9.61. The van der Waals surface area contributed by atoms with Crippen LogP contribution in [0, 0.1) is 0 Å². The fraction of sp³-hybridized carbons (Fsp3) is 0. The number of aromatic nitrogens is 4. The summed E-state index contributed by atoms with van der Waals surface area (Å²) >= 11 is 1.55. The predicted octanol–water partition coefficient (Wildman–Crippen LogP) is 4.97. The molecule has 0 saturated carbocycles. The van der Waals surface area contributed by atoms with Gasteiger partial charge in [0.2, 0.25) is 0 Å². The van der Waals surface area contributed by atoms with Crippen LogP contribution in [0.2, 0.25) is 0 Å². The first kappa shape index (κ1) is 16.6. The summed E-state index contributed by atoms with van der Waals surface area (Å²) in [5.41, 5.74) is 9.06. The Hall–Kier alpha value is -3.51. The molecule has 0 fully saturated rings. The van der Waals surface area contributed by atoms with Crippen LogP contribution in [0.15, 0.2) is 89.0 Å². The number of pyridine rings is 2. The molecule has 0 saturated heterocycles. The fourth-order valence-electron chi connectivity index (χ4n) is 3.28. The molecule has 5 aromatic rings. The van der Waals surface area contributed by atoms with E-state index in [-0.39, 0.29) is 0 Å². The minimum absolute atomic E-state index is 0.429. The van der Waals surface area contributed by atoms with Gasteiger partial charge in [-0.25, -0.2) is 9.97 Å². The number of benzene rings is 2. The van der Waals surface area contributed by atoms with Crippen LogP contribution in [0.1, 0.15) is 0 Å². The van der Waals surface area contributed by atoms with Crippen LogP contribution in [0.25, 0.3) is 32.9 Å². The highest BCUT2D eigenvalue weighted by Crippen LogP contribution is 2.40. The summed E-state index contributed by atoms with van der Waals surface area (Å²) in [6, 6.07) is 22.2. The van der Waals surface area contributed by atoms with Gasteiger partial charge in [0.25, 0.3) is 0 Å². The van der Waals surface area contributed by atoms with Gasteiger partial charge in [0.05, 0.1) is 0 Å². The third-order valence-corrected chi connectivity index (χ3v) is 5.62. The van der Waals surface area contributed by atoms with E-state index in [4.69, 9.17) is 5.73 Å². The molecular weight excluding hydrogens is 366 g/mol. The Balaban J connectivity index is 1.75. The van der Waals surface area contributed by atoms with Crippen LogP contribution >= 0.6 is 11.8 Å². The van der Waals surface area contributed by atoms with Gasteiger partial charge in [0.15, 0.2) is 11.5 Å². The van der Waals surface area contributed by atoms with Crippen LogP contribution in [-0.2, 0) is 0 Å². The molecule has 5 rings (SSSR count). The van der Waals surface area contributed by atoms with Crippen LogP contribution in [-0.4, -0.2) is 20.2 Å². The summed E-state index contributed by atoms with van der Waals surface area (Å²) in [6.45, 7) is 0. The van der Waals surface area contributed by atoms with E-state index < -0.39 is 0 Å². The van der Waals surface area contributed by atoms with E-state index in [1.807, 2.05) is 48.5 Å². The zero-order valence-electron chi connectivity index (χ0n) is 14.8. The first-order valence-electron chi connectivity index (χ1n) is 8.79. The first-order chi connectivity index (χ1) is 13.8. The van der Waals surface area contributed by atoms with Gasteiger partial charge in [-0.05, 0) is 29.3 Å². The van der Waals surface area contributed by atoms with Crippen LogP contribution in [0.3, 0.4) is 0 Å². The molecule has 0 aliphatic carbocycles. The van der Waals surface area contributed by atoms with E-state index in [2.05, 4.69) is 38.4 Å². The highest BCUT2D eigenvalue weighted by molar-refractivity contribution is 7.99. The average molecular weight is 381 g/mol. The van der Waals surface area contributed by atoms with Crippen molar-refractivity contribution in [1.29, 1.82) is 0 Å². The second-order valence-corrected chi connectivity index (χ2v) is 7.30. The summed E-state index contributed by atoms with van der Waals surface area (Å²) in [6.07, 6.45) is 3.51. The molecule has 2 aromatic carbocycles. The standard InChI is InChI=1S/C22H15N5S/c23-20-17-9-4-8-15(14-6-2-1-3-7-14)19(17)22(27-26-20)28-18-11-13-25-21-16(18)10-5-12-24-21/h1-13H,(H2,23,26). The van der Waals surface area contributed by atoms with Crippen LogP contribution in [0.4, 0.5) is 5.82 Å². The van der Waals surface area contributed by atoms with Gasteiger partial charge in [0.1, 0.15) is 5.03 Å². The Labute approximate surface area is 165 Å². The Morgan fingerprint density at radius 3 is 2.43 bits per heavy atom. The summed E-state index contributed by atoms with van der Waals surface area (Å²) in [5, 5.41) is 12.3. The van der Waals surface area contributed by atoms with Crippen LogP contribution in [0.5, 0.6) is 0 Å². The Morgan fingerprint density at radius 1 is 0.714 bits per heavy atom. The quantitative estimate of drug-likeness (QED) is 0.475. The maximum absolute atomic E-state index is 6.15. The Morgan fingerprint density at radius 2 is 1.54 bits per heavy atom. The van der Waals surface area contributed by atoms with Crippen molar-refractivity contribution in [3.63, 3.8) is 0 Å². The van der Waals surface area contributed by atoms with E-state index in [1.165, 1.54) is 0 Å². The molecule has 0 spiro atoms. The summed E-state index contributed by atoms with van der Waals surface area (Å²) in [7, 11) is 0. The summed E-state index contributed by atoms with van der Waals surface area (Å²) < 4.78 is 0. The van der Waals surface area contributed by atoms with Crippen molar-refractivity contribution in [3.05, 3.63) is 79.1 Å². The number of nitrogens with zero attached hydrogens (tertiary/aromatic N) is 4. The van der Waals surface area contributed by atoms with Gasteiger partial charge in [-0.15, -0.1) is 10.2 Å². The maximum Gasteiger partial charge on any atom is 0.160 e. The van der Waals surface area contributed by atoms with Gasteiger partial charge in [-0.3, -0.25) is 0 Å². The lowest BCUT2D eigenvalue weighted by Gasteiger charge is -2.12. The monoisotopic (exact) mass is 381 g/mol. The van der Waals surface area contributed by atoms with Crippen molar-refractivity contribution in [1.82, 2.24) is 20.2 Å². The number of nitrogens with two attached hydrogens (primary N) is 1. The normalized spacial score (nSPS) is 11.1. The molecule has 0 atom stereocenters. The highest BCUT2D eigenvalue weighted by atomic mass is 32.2. The third kappa shape index (κ3) is 2.84. The van der Waals surface area contributed by atoms with Gasteiger partial charge in [0, 0.05) is 33.4 Å². The second-order valence-electron chi connectivity index (χ2n) is 6.27. The lowest BCUT2D eigenvalue weighted by atomic mass is 10.00. The predicted molar refractivity (Wildman–Crippen MR) is 113 cm³/mol. The van der Waals surface area contributed by atoms with Crippen molar-refractivity contribution in [3.8, 4) is 11.1 Å². The number of hydrogen-bond donors (Lipinski definition) is 1. The largest absolute Gasteiger partial charge is 0.382 e. The molecule has 0 unspecified atom stereocenters. The van der Waals surface area contributed by atoms with Gasteiger partial charge >= 0.3 is 0 Å². The SMILES string of the molecule is Nc1nnc(Sc2ccnc3ncccc23)c2c(-c3ccccc3)cccc12. The van der Waals surface area contributed by atoms with Crippen molar-refractivity contribution in [2.75, 3.05) is 5.73 Å². The molecule has 0 amide bonds. The summed E-state index contributed by atoms with van der Waals surface area (Å²) in [5.74, 6) is 0.429. The lowest BCUT2D eigenvalue weighted by molar-refractivity contribution is 0.965.